The zero-order valence-corrected chi connectivity index (χ0v) is 12.7. The van der Waals surface area contributed by atoms with E-state index in [0.717, 1.165) is 27.9 Å². The van der Waals surface area contributed by atoms with Crippen molar-refractivity contribution in [2.24, 2.45) is 0 Å². The van der Waals surface area contributed by atoms with Crippen LogP contribution in [0.4, 0.5) is 0 Å². The van der Waals surface area contributed by atoms with Gasteiger partial charge in [-0.2, -0.15) is 9.38 Å². The summed E-state index contributed by atoms with van der Waals surface area (Å²) in [6.07, 6.45) is 1.58. The van der Waals surface area contributed by atoms with Crippen molar-refractivity contribution in [1.29, 1.82) is 0 Å². The molecule has 0 saturated heterocycles. The van der Waals surface area contributed by atoms with Crippen LogP contribution in [0.5, 0.6) is 5.88 Å². The molecule has 0 N–H and O–H groups in total. The number of fused-ring (bicyclic) bond motifs is 3. The van der Waals surface area contributed by atoms with Gasteiger partial charge in [0.1, 0.15) is 5.52 Å². The third kappa shape index (κ3) is 1.90. The molecule has 6 nitrogen and oxygen atoms in total. The van der Waals surface area contributed by atoms with E-state index in [-0.39, 0.29) is 0 Å². The third-order valence-electron chi connectivity index (χ3n) is 3.72. The molecule has 3 aromatic heterocycles. The fourth-order valence-electron chi connectivity index (χ4n) is 2.78. The van der Waals surface area contributed by atoms with Crippen LogP contribution in [0.1, 0.15) is 30.6 Å². The molecule has 0 bridgehead atoms. The maximum absolute atomic E-state index is 12.4. The molecule has 6 heteroatoms. The second kappa shape index (κ2) is 4.87. The van der Waals surface area contributed by atoms with Gasteiger partial charge in [0.15, 0.2) is 11.2 Å². The Morgan fingerprint density at radius 2 is 2.05 bits per heavy atom. The van der Waals surface area contributed by atoms with Crippen LogP contribution in [0, 0.1) is 19.1 Å². The summed E-state index contributed by atoms with van der Waals surface area (Å²) < 4.78 is 8.12. The van der Waals surface area contributed by atoms with Crippen LogP contribution in [-0.4, -0.2) is 21.5 Å². The van der Waals surface area contributed by atoms with Gasteiger partial charge in [0.05, 0.1) is 19.2 Å². The molecule has 0 aromatic carbocycles. The van der Waals surface area contributed by atoms with Gasteiger partial charge in [0.2, 0.25) is 5.88 Å². The smallest absolute Gasteiger partial charge is 0.266 e. The van der Waals surface area contributed by atoms with E-state index in [9.17, 15) is 5.21 Å². The first-order valence-electron chi connectivity index (χ1n) is 7.03. The molecule has 0 atom stereocenters. The van der Waals surface area contributed by atoms with Crippen molar-refractivity contribution in [3.05, 3.63) is 34.6 Å². The van der Waals surface area contributed by atoms with Crippen molar-refractivity contribution in [2.45, 2.75) is 33.6 Å². The molecule has 0 fully saturated rings. The van der Waals surface area contributed by atoms with Crippen LogP contribution in [0.25, 0.3) is 16.7 Å². The lowest BCUT2D eigenvalue weighted by Gasteiger charge is -2.04. The summed E-state index contributed by atoms with van der Waals surface area (Å²) in [6.45, 7) is 5.79. The van der Waals surface area contributed by atoms with E-state index in [1.807, 2.05) is 24.3 Å². The lowest BCUT2D eigenvalue weighted by Crippen LogP contribution is -2.32. The van der Waals surface area contributed by atoms with Gasteiger partial charge in [0.25, 0.3) is 11.5 Å². The van der Waals surface area contributed by atoms with E-state index in [0.29, 0.717) is 29.5 Å². The third-order valence-corrected chi connectivity index (χ3v) is 3.72. The van der Waals surface area contributed by atoms with Crippen molar-refractivity contribution in [3.63, 3.8) is 0 Å². The minimum atomic E-state index is 0.515. The SMILES string of the molecule is CCCc1n2c(c(C)nc3ccc(OC)nc32)c(C)[n+]1[O-]. The van der Waals surface area contributed by atoms with Gasteiger partial charge in [-0.3, -0.25) is 0 Å². The average Bonchev–Trinajstić information content (AvgIpc) is 2.73. The molecule has 0 amide bonds. The van der Waals surface area contributed by atoms with E-state index < -0.39 is 0 Å². The lowest BCUT2D eigenvalue weighted by atomic mass is 10.3. The summed E-state index contributed by atoms with van der Waals surface area (Å²) in [7, 11) is 1.58. The molecule has 3 aromatic rings. The number of hydrogen-bond donors (Lipinski definition) is 0. The molecule has 21 heavy (non-hydrogen) atoms. The quantitative estimate of drug-likeness (QED) is 0.546. The minimum Gasteiger partial charge on any atom is -0.711 e. The average molecular weight is 286 g/mol. The lowest BCUT2D eigenvalue weighted by molar-refractivity contribution is -0.618. The van der Waals surface area contributed by atoms with Crippen molar-refractivity contribution >= 4 is 16.7 Å². The Bertz CT molecular complexity index is 839. The van der Waals surface area contributed by atoms with Crippen LogP contribution in [-0.2, 0) is 6.42 Å². The number of hydrogen-bond acceptors (Lipinski definition) is 4. The van der Waals surface area contributed by atoms with Crippen LogP contribution in [0.15, 0.2) is 12.1 Å². The second-order valence-corrected chi connectivity index (χ2v) is 5.12. The first-order chi connectivity index (χ1) is 10.1. The predicted octanol–water partition coefficient (Wildman–Crippen LogP) is 2.09. The van der Waals surface area contributed by atoms with Crippen LogP contribution in [0.2, 0.25) is 0 Å². The number of pyridine rings is 1. The molecular formula is C15H18N4O2. The van der Waals surface area contributed by atoms with Crippen molar-refractivity contribution < 1.29 is 9.47 Å². The molecule has 110 valence electrons. The van der Waals surface area contributed by atoms with E-state index >= 15 is 0 Å². The van der Waals surface area contributed by atoms with Gasteiger partial charge < -0.3 is 9.94 Å². The maximum Gasteiger partial charge on any atom is 0.266 e. The Morgan fingerprint density at radius 3 is 2.71 bits per heavy atom. The normalized spacial score (nSPS) is 11.4. The summed E-state index contributed by atoms with van der Waals surface area (Å²) in [5.74, 6) is 1.21. The molecule has 0 unspecified atom stereocenters. The molecule has 0 radical (unpaired) electrons. The number of ether oxygens (including phenoxy) is 1. The highest BCUT2D eigenvalue weighted by Crippen LogP contribution is 2.22. The van der Waals surface area contributed by atoms with E-state index in [1.54, 1.807) is 13.2 Å². The van der Waals surface area contributed by atoms with Gasteiger partial charge >= 0.3 is 0 Å². The van der Waals surface area contributed by atoms with E-state index in [1.165, 1.54) is 0 Å². The number of methoxy groups -OCH3 is 1. The van der Waals surface area contributed by atoms with Gasteiger partial charge in [-0.1, -0.05) is 6.92 Å². The molecular weight excluding hydrogens is 268 g/mol. The first-order valence-corrected chi connectivity index (χ1v) is 7.03. The fraction of sp³-hybridized carbons (Fsp3) is 0.400. The van der Waals surface area contributed by atoms with Gasteiger partial charge in [-0.25, -0.2) is 9.71 Å². The summed E-state index contributed by atoms with van der Waals surface area (Å²) in [5, 5.41) is 12.4. The number of rotatable bonds is 3. The number of aromatic nitrogens is 4. The zero-order valence-electron chi connectivity index (χ0n) is 12.7. The van der Waals surface area contributed by atoms with Crippen LogP contribution >= 0.6 is 0 Å². The molecule has 0 spiro atoms. The second-order valence-electron chi connectivity index (χ2n) is 5.12. The summed E-state index contributed by atoms with van der Waals surface area (Å²) in [4.78, 5) is 9.05. The Morgan fingerprint density at radius 1 is 1.29 bits per heavy atom. The van der Waals surface area contributed by atoms with E-state index in [2.05, 4.69) is 16.9 Å². The highest BCUT2D eigenvalue weighted by Gasteiger charge is 2.24. The molecule has 0 saturated carbocycles. The zero-order chi connectivity index (χ0) is 15.1. The number of imidazole rings is 1. The monoisotopic (exact) mass is 286 g/mol. The van der Waals surface area contributed by atoms with Crippen molar-refractivity contribution in [3.8, 4) is 5.88 Å². The Kier molecular flexibility index (Phi) is 3.16. The summed E-state index contributed by atoms with van der Waals surface area (Å²) in [5.41, 5.74) is 3.75. The van der Waals surface area contributed by atoms with Gasteiger partial charge in [-0.05, 0) is 19.4 Å². The fourth-order valence-corrected chi connectivity index (χ4v) is 2.78. The molecule has 3 rings (SSSR count). The van der Waals surface area contributed by atoms with Crippen LogP contribution < -0.4 is 9.47 Å². The minimum absolute atomic E-state index is 0.515. The first kappa shape index (κ1) is 13.6. The Labute approximate surface area is 122 Å². The Balaban J connectivity index is 2.53. The van der Waals surface area contributed by atoms with Gasteiger partial charge in [0, 0.05) is 13.0 Å². The molecule has 0 aliphatic carbocycles. The molecule has 0 aliphatic heterocycles. The van der Waals surface area contributed by atoms with E-state index in [4.69, 9.17) is 4.74 Å². The molecule has 3 heterocycles. The van der Waals surface area contributed by atoms with Gasteiger partial charge in [-0.15, -0.1) is 0 Å². The maximum atomic E-state index is 12.4. The largest absolute Gasteiger partial charge is 0.711 e. The Hall–Kier alpha value is -2.37. The predicted molar refractivity (Wildman–Crippen MR) is 79.5 cm³/mol. The van der Waals surface area contributed by atoms with Crippen molar-refractivity contribution in [1.82, 2.24) is 14.4 Å². The standard InChI is InChI=1S/C15H18N4O2/c1-5-6-13-18-14(10(3)19(13)20)9(2)16-11-7-8-12(21-4)17-15(11)18/h7-8H,5-6H2,1-4H3. The number of aryl methyl sites for hydroxylation is 3. The van der Waals surface area contributed by atoms with Crippen molar-refractivity contribution in [2.75, 3.05) is 7.11 Å². The summed E-state index contributed by atoms with van der Waals surface area (Å²) in [6, 6.07) is 3.65. The topological polar surface area (TPSA) is 66.4 Å². The highest BCUT2D eigenvalue weighted by atomic mass is 16.5. The van der Waals surface area contributed by atoms with Crippen LogP contribution in [0.3, 0.4) is 0 Å². The summed E-state index contributed by atoms with van der Waals surface area (Å²) >= 11 is 0. The molecule has 0 aliphatic rings. The number of nitrogens with zero attached hydrogens (tertiary/aromatic N) is 4. The highest BCUT2D eigenvalue weighted by molar-refractivity contribution is 5.77.